The Morgan fingerprint density at radius 1 is 1.12 bits per heavy atom. The lowest BCUT2D eigenvalue weighted by molar-refractivity contribution is 1.50. The highest BCUT2D eigenvalue weighted by Crippen LogP contribution is 2.28. The van der Waals surface area contributed by atoms with Gasteiger partial charge in [-0.3, -0.25) is 0 Å². The molecular formula is C14H10Cl2. The summed E-state index contributed by atoms with van der Waals surface area (Å²) in [5.74, 6) is 0. The molecule has 2 heteroatoms. The van der Waals surface area contributed by atoms with Crippen molar-refractivity contribution in [3.05, 3.63) is 69.4 Å². The van der Waals surface area contributed by atoms with Crippen LogP contribution >= 0.6 is 23.2 Å². The average Bonchev–Trinajstić information content (AvgIpc) is 2.47. The van der Waals surface area contributed by atoms with Crippen LogP contribution in [0.1, 0.15) is 12.5 Å². The first kappa shape index (κ1) is 11.3. The normalized spacial score (nSPS) is 14.4. The van der Waals surface area contributed by atoms with E-state index < -0.39 is 0 Å². The van der Waals surface area contributed by atoms with E-state index in [0.717, 1.165) is 11.1 Å². The summed E-state index contributed by atoms with van der Waals surface area (Å²) in [6.45, 7) is 2.06. The maximum atomic E-state index is 6.01. The largest absolute Gasteiger partial charge is 0.120 e. The monoisotopic (exact) mass is 248 g/mol. The van der Waals surface area contributed by atoms with Gasteiger partial charge in [-0.05, 0) is 47.9 Å². The van der Waals surface area contributed by atoms with E-state index in [1.165, 1.54) is 5.57 Å². The molecule has 0 saturated carbocycles. The maximum absolute atomic E-state index is 6.01. The quantitative estimate of drug-likeness (QED) is 0.611. The molecule has 0 fully saturated rings. The Bertz CT molecular complexity index is 542. The fraction of sp³-hybridized carbons (Fsp3) is 0.0714. The number of allylic oxidation sites excluding steroid dienone is 5. The molecule has 80 valence electrons. The summed E-state index contributed by atoms with van der Waals surface area (Å²) in [6.07, 6.45) is 7.85. The van der Waals surface area contributed by atoms with Crippen LogP contribution in [0.5, 0.6) is 0 Å². The molecule has 0 unspecified atom stereocenters. The van der Waals surface area contributed by atoms with Crippen LogP contribution in [0, 0.1) is 0 Å². The lowest BCUT2D eigenvalue weighted by atomic mass is 10.0. The van der Waals surface area contributed by atoms with Crippen LogP contribution in [0.4, 0.5) is 0 Å². The zero-order chi connectivity index (χ0) is 11.5. The summed E-state index contributed by atoms with van der Waals surface area (Å²) in [7, 11) is 0. The first-order chi connectivity index (χ1) is 7.68. The molecule has 0 aromatic heterocycles. The fourth-order valence-electron chi connectivity index (χ4n) is 1.56. The first-order valence-electron chi connectivity index (χ1n) is 4.94. The molecule has 0 spiro atoms. The lowest BCUT2D eigenvalue weighted by Gasteiger charge is -2.06. The highest BCUT2D eigenvalue weighted by Gasteiger charge is 2.05. The average molecular weight is 249 g/mol. The lowest BCUT2D eigenvalue weighted by Crippen LogP contribution is -1.84. The third kappa shape index (κ3) is 2.31. The van der Waals surface area contributed by atoms with Crippen molar-refractivity contribution in [1.82, 2.24) is 0 Å². The second-order valence-corrected chi connectivity index (χ2v) is 4.38. The van der Waals surface area contributed by atoms with Crippen molar-refractivity contribution >= 4 is 28.8 Å². The first-order valence-corrected chi connectivity index (χ1v) is 5.69. The molecule has 0 bridgehead atoms. The standard InChI is InChI=1S/C14H10Cl2/c1-10-5-3-2-4-6-12(10)11-7-8-13(15)14(16)9-11/h2-3,5-9H,1H3. The fourth-order valence-corrected chi connectivity index (χ4v) is 1.86. The highest BCUT2D eigenvalue weighted by molar-refractivity contribution is 6.42. The van der Waals surface area contributed by atoms with Crippen LogP contribution in [-0.4, -0.2) is 0 Å². The van der Waals surface area contributed by atoms with Gasteiger partial charge in [-0.25, -0.2) is 0 Å². The van der Waals surface area contributed by atoms with Gasteiger partial charge in [-0.2, -0.15) is 0 Å². The second kappa shape index (κ2) is 4.76. The summed E-state index contributed by atoms with van der Waals surface area (Å²) in [5, 5.41) is 1.15. The summed E-state index contributed by atoms with van der Waals surface area (Å²) < 4.78 is 0. The van der Waals surface area contributed by atoms with Gasteiger partial charge in [0.2, 0.25) is 0 Å². The van der Waals surface area contributed by atoms with E-state index in [1.807, 2.05) is 42.5 Å². The molecule has 0 heterocycles. The predicted molar refractivity (Wildman–Crippen MR) is 70.8 cm³/mol. The molecule has 0 atom stereocenters. The van der Waals surface area contributed by atoms with Crippen LogP contribution < -0.4 is 0 Å². The van der Waals surface area contributed by atoms with Gasteiger partial charge < -0.3 is 0 Å². The number of hydrogen-bond donors (Lipinski definition) is 0. The summed E-state index contributed by atoms with van der Waals surface area (Å²) in [5.41, 5.74) is 6.44. The van der Waals surface area contributed by atoms with E-state index >= 15 is 0 Å². The van der Waals surface area contributed by atoms with Crippen molar-refractivity contribution in [3.8, 4) is 0 Å². The van der Waals surface area contributed by atoms with Crippen molar-refractivity contribution in [2.24, 2.45) is 0 Å². The molecule has 1 aliphatic rings. The zero-order valence-corrected chi connectivity index (χ0v) is 10.3. The Labute approximate surface area is 105 Å². The van der Waals surface area contributed by atoms with Gasteiger partial charge in [0.25, 0.3) is 0 Å². The Kier molecular flexibility index (Phi) is 3.36. The van der Waals surface area contributed by atoms with Gasteiger partial charge in [0.05, 0.1) is 10.0 Å². The van der Waals surface area contributed by atoms with Gasteiger partial charge in [-0.1, -0.05) is 41.4 Å². The Balaban J connectivity index is 2.55. The molecule has 0 aliphatic heterocycles. The zero-order valence-electron chi connectivity index (χ0n) is 8.80. The molecule has 2 rings (SSSR count). The minimum absolute atomic E-state index is 0.574. The minimum Gasteiger partial charge on any atom is -0.120 e. The number of rotatable bonds is 1. The smallest absolute Gasteiger partial charge is 0.0598 e. The SMILES string of the molecule is CC1=C(c2ccc(Cl)c(Cl)c2)C=C=CC=C1. The minimum atomic E-state index is 0.574. The number of halogens is 2. The molecule has 0 amide bonds. The molecule has 0 nitrogen and oxygen atoms in total. The number of benzene rings is 1. The molecule has 0 radical (unpaired) electrons. The molecule has 16 heavy (non-hydrogen) atoms. The van der Waals surface area contributed by atoms with E-state index in [-0.39, 0.29) is 0 Å². The van der Waals surface area contributed by atoms with Gasteiger partial charge >= 0.3 is 0 Å². The summed E-state index contributed by atoms with van der Waals surface area (Å²) in [6, 6.07) is 5.65. The predicted octanol–water partition coefficient (Wildman–Crippen LogP) is 5.05. The van der Waals surface area contributed by atoms with E-state index in [9.17, 15) is 0 Å². The van der Waals surface area contributed by atoms with Crippen LogP contribution in [0.3, 0.4) is 0 Å². The number of hydrogen-bond acceptors (Lipinski definition) is 0. The van der Waals surface area contributed by atoms with Crippen molar-refractivity contribution < 1.29 is 0 Å². The molecular weight excluding hydrogens is 239 g/mol. The summed E-state index contributed by atoms with van der Waals surface area (Å²) in [4.78, 5) is 0. The Hall–Kier alpha value is -1.20. The van der Waals surface area contributed by atoms with Gasteiger partial charge in [0.15, 0.2) is 0 Å². The van der Waals surface area contributed by atoms with E-state index in [4.69, 9.17) is 23.2 Å². The Morgan fingerprint density at radius 2 is 1.94 bits per heavy atom. The van der Waals surface area contributed by atoms with Gasteiger partial charge in [0.1, 0.15) is 0 Å². The second-order valence-electron chi connectivity index (χ2n) is 3.56. The molecule has 1 aliphatic carbocycles. The highest BCUT2D eigenvalue weighted by atomic mass is 35.5. The van der Waals surface area contributed by atoms with E-state index in [0.29, 0.717) is 10.0 Å². The van der Waals surface area contributed by atoms with Crippen molar-refractivity contribution in [3.63, 3.8) is 0 Å². The Morgan fingerprint density at radius 3 is 2.69 bits per heavy atom. The topological polar surface area (TPSA) is 0 Å². The van der Waals surface area contributed by atoms with Crippen LogP contribution in [0.15, 0.2) is 53.8 Å². The summed E-state index contributed by atoms with van der Waals surface area (Å²) >= 11 is 11.9. The van der Waals surface area contributed by atoms with Crippen molar-refractivity contribution in [1.29, 1.82) is 0 Å². The third-order valence-corrected chi connectivity index (χ3v) is 3.16. The maximum Gasteiger partial charge on any atom is 0.0598 e. The molecule has 1 aromatic rings. The van der Waals surface area contributed by atoms with Crippen molar-refractivity contribution in [2.75, 3.05) is 0 Å². The van der Waals surface area contributed by atoms with Gasteiger partial charge in [-0.15, -0.1) is 5.73 Å². The molecule has 1 aromatic carbocycles. The van der Waals surface area contributed by atoms with Crippen molar-refractivity contribution in [2.45, 2.75) is 6.92 Å². The van der Waals surface area contributed by atoms with E-state index in [1.54, 1.807) is 0 Å². The molecule has 0 N–H and O–H groups in total. The van der Waals surface area contributed by atoms with Crippen LogP contribution in [0.2, 0.25) is 10.0 Å². The molecule has 0 saturated heterocycles. The third-order valence-electron chi connectivity index (χ3n) is 2.42. The van der Waals surface area contributed by atoms with Crippen LogP contribution in [0.25, 0.3) is 5.57 Å². The van der Waals surface area contributed by atoms with Gasteiger partial charge in [0, 0.05) is 0 Å². The van der Waals surface area contributed by atoms with Crippen LogP contribution in [-0.2, 0) is 0 Å². The van der Waals surface area contributed by atoms with E-state index in [2.05, 4.69) is 12.7 Å².